The number of nitrogens with one attached hydrogen (secondary N) is 1. The Labute approximate surface area is 254 Å². The van der Waals surface area contributed by atoms with Gasteiger partial charge >= 0.3 is 6.09 Å². The van der Waals surface area contributed by atoms with Crippen LogP contribution in [0.4, 0.5) is 10.5 Å². The SMILES string of the molecule is COCCCN(C(=O)O)c1ccc(-c2nc([C@@H]3CCc4nc(-c5cc(Cl)ccc5-n5cnnn5)cc(=O)n43)[nH]c2Cl)cc1. The number of hydrogen-bond acceptors (Lipinski definition) is 8. The van der Waals surface area contributed by atoms with Crippen LogP contribution in [0.2, 0.25) is 10.2 Å². The molecule has 3 aromatic heterocycles. The smallest absolute Gasteiger partial charge is 0.411 e. The molecule has 0 bridgehead atoms. The second-order valence-corrected chi connectivity index (χ2v) is 10.7. The van der Waals surface area contributed by atoms with Gasteiger partial charge in [0.05, 0.1) is 17.4 Å². The van der Waals surface area contributed by atoms with Crippen LogP contribution in [0.15, 0.2) is 59.7 Å². The Bertz CT molecular complexity index is 1840. The summed E-state index contributed by atoms with van der Waals surface area (Å²) >= 11 is 12.9. The fraction of sp³-hybridized carbons (Fsp3) is 0.250. The molecule has 6 rings (SSSR count). The zero-order valence-corrected chi connectivity index (χ0v) is 24.3. The average molecular weight is 622 g/mol. The van der Waals surface area contributed by atoms with E-state index in [9.17, 15) is 14.7 Å². The fourth-order valence-electron chi connectivity index (χ4n) is 5.25. The number of H-pyrrole nitrogens is 1. The highest BCUT2D eigenvalue weighted by Gasteiger charge is 2.30. The molecule has 0 spiro atoms. The summed E-state index contributed by atoms with van der Waals surface area (Å²) in [4.78, 5) is 39.2. The number of aromatic amines is 1. The summed E-state index contributed by atoms with van der Waals surface area (Å²) in [6.45, 7) is 0.762. The molecule has 1 amide bonds. The summed E-state index contributed by atoms with van der Waals surface area (Å²) in [5, 5.41) is 21.8. The number of nitrogens with zero attached hydrogens (tertiary/aromatic N) is 8. The number of benzene rings is 2. The predicted octanol–water partition coefficient (Wildman–Crippen LogP) is 4.64. The van der Waals surface area contributed by atoms with Crippen LogP contribution in [0, 0.1) is 0 Å². The molecule has 0 saturated carbocycles. The minimum atomic E-state index is -1.05. The predicted molar refractivity (Wildman–Crippen MR) is 159 cm³/mol. The van der Waals surface area contributed by atoms with E-state index < -0.39 is 12.1 Å². The maximum absolute atomic E-state index is 13.5. The van der Waals surface area contributed by atoms with Gasteiger partial charge in [-0.15, -0.1) is 5.10 Å². The second kappa shape index (κ2) is 12.0. The van der Waals surface area contributed by atoms with Crippen LogP contribution < -0.4 is 10.5 Å². The Kier molecular flexibility index (Phi) is 7.93. The number of aryl methyl sites for hydroxylation is 1. The molecule has 43 heavy (non-hydrogen) atoms. The molecule has 1 atom stereocenters. The summed E-state index contributed by atoms with van der Waals surface area (Å²) in [6, 6.07) is 13.2. The van der Waals surface area contributed by atoms with E-state index in [0.29, 0.717) is 88.1 Å². The number of halogens is 2. The number of fused-ring (bicyclic) bond motifs is 1. The van der Waals surface area contributed by atoms with Gasteiger partial charge in [-0.3, -0.25) is 14.3 Å². The van der Waals surface area contributed by atoms with Gasteiger partial charge in [-0.2, -0.15) is 4.68 Å². The second-order valence-electron chi connectivity index (χ2n) is 9.85. The highest BCUT2D eigenvalue weighted by molar-refractivity contribution is 6.32. The summed E-state index contributed by atoms with van der Waals surface area (Å²) < 4.78 is 8.15. The number of aromatic nitrogens is 8. The van der Waals surface area contributed by atoms with E-state index in [0.717, 1.165) is 0 Å². The monoisotopic (exact) mass is 621 g/mol. The number of methoxy groups -OCH3 is 1. The van der Waals surface area contributed by atoms with Crippen molar-refractivity contribution in [3.63, 3.8) is 0 Å². The van der Waals surface area contributed by atoms with Crippen molar-refractivity contribution in [2.75, 3.05) is 25.2 Å². The third-order valence-corrected chi connectivity index (χ3v) is 7.72. The van der Waals surface area contributed by atoms with E-state index in [2.05, 4.69) is 20.5 Å². The molecule has 0 radical (unpaired) electrons. The van der Waals surface area contributed by atoms with E-state index in [4.69, 9.17) is 37.9 Å². The third-order valence-electron chi connectivity index (χ3n) is 7.22. The number of carboxylic acid groups (broad SMARTS) is 1. The van der Waals surface area contributed by atoms with Crippen LogP contribution in [0.3, 0.4) is 0 Å². The van der Waals surface area contributed by atoms with Crippen LogP contribution in [-0.4, -0.2) is 71.2 Å². The van der Waals surface area contributed by atoms with E-state index in [-0.39, 0.29) is 5.56 Å². The molecule has 0 aliphatic carbocycles. The molecule has 4 heterocycles. The standard InChI is InChI=1S/C28H25Cl2N9O4/c1-43-12-2-11-37(28(41)42)18-6-3-16(4-7-18)25-26(30)34-27(33-25)22-9-10-23-32-20(14-24(40)39(22)23)19-13-17(29)5-8-21(19)38-15-31-35-36-38/h3-8,13-15,22H,2,9-12H2,1H3,(H,33,34)(H,41,42)/t22-/m0/s1. The van der Waals surface area contributed by atoms with Crippen molar-refractivity contribution < 1.29 is 14.6 Å². The molecule has 1 aliphatic heterocycles. The van der Waals surface area contributed by atoms with Crippen molar-refractivity contribution in [1.82, 2.24) is 39.7 Å². The zero-order valence-electron chi connectivity index (χ0n) is 22.8. The Balaban J connectivity index is 1.29. The molecule has 2 aromatic carbocycles. The number of ether oxygens (including phenoxy) is 1. The first kappa shape index (κ1) is 28.5. The lowest BCUT2D eigenvalue weighted by molar-refractivity contribution is 0.189. The summed E-state index contributed by atoms with van der Waals surface area (Å²) in [7, 11) is 1.58. The van der Waals surface area contributed by atoms with Crippen molar-refractivity contribution in [1.29, 1.82) is 0 Å². The van der Waals surface area contributed by atoms with Crippen molar-refractivity contribution in [3.05, 3.63) is 87.0 Å². The van der Waals surface area contributed by atoms with E-state index in [1.807, 2.05) is 0 Å². The average Bonchev–Trinajstić information content (AvgIpc) is 3.76. The van der Waals surface area contributed by atoms with Gasteiger partial charge in [0.25, 0.3) is 5.56 Å². The van der Waals surface area contributed by atoms with Crippen LogP contribution >= 0.6 is 23.2 Å². The van der Waals surface area contributed by atoms with Crippen molar-refractivity contribution in [3.8, 4) is 28.2 Å². The van der Waals surface area contributed by atoms with E-state index >= 15 is 0 Å². The lowest BCUT2D eigenvalue weighted by Gasteiger charge is -2.19. The Hall–Kier alpha value is -4.59. The summed E-state index contributed by atoms with van der Waals surface area (Å²) in [5.41, 5.74) is 3.20. The molecule has 220 valence electrons. The topological polar surface area (TPSA) is 157 Å². The van der Waals surface area contributed by atoms with Gasteiger partial charge < -0.3 is 14.8 Å². The molecule has 13 nitrogen and oxygen atoms in total. The fourth-order valence-corrected chi connectivity index (χ4v) is 5.67. The van der Waals surface area contributed by atoms with Crippen LogP contribution in [-0.2, 0) is 11.2 Å². The van der Waals surface area contributed by atoms with Crippen LogP contribution in [0.1, 0.15) is 30.5 Å². The summed E-state index contributed by atoms with van der Waals surface area (Å²) in [6.07, 6.45) is 2.12. The lowest BCUT2D eigenvalue weighted by atomic mass is 10.1. The minimum absolute atomic E-state index is 0.245. The lowest BCUT2D eigenvalue weighted by Crippen LogP contribution is -2.30. The molecule has 0 saturated heterocycles. The van der Waals surface area contributed by atoms with Gasteiger partial charge in [0, 0.05) is 54.6 Å². The minimum Gasteiger partial charge on any atom is -0.465 e. The quantitative estimate of drug-likeness (QED) is 0.224. The largest absolute Gasteiger partial charge is 0.465 e. The van der Waals surface area contributed by atoms with Gasteiger partial charge in [-0.1, -0.05) is 35.3 Å². The molecule has 2 N–H and O–H groups in total. The van der Waals surface area contributed by atoms with Crippen LogP contribution in [0.25, 0.3) is 28.2 Å². The van der Waals surface area contributed by atoms with E-state index in [1.165, 1.54) is 22.0 Å². The van der Waals surface area contributed by atoms with Crippen LogP contribution in [0.5, 0.6) is 0 Å². The molecule has 0 fully saturated rings. The van der Waals surface area contributed by atoms with Gasteiger partial charge in [-0.05, 0) is 53.6 Å². The molecule has 15 heteroatoms. The molecular formula is C28H25Cl2N9O4. The number of hydrogen-bond donors (Lipinski definition) is 2. The maximum atomic E-state index is 13.5. The van der Waals surface area contributed by atoms with Crippen molar-refractivity contribution in [2.45, 2.75) is 25.3 Å². The van der Waals surface area contributed by atoms with Gasteiger partial charge in [-0.25, -0.2) is 14.8 Å². The maximum Gasteiger partial charge on any atom is 0.411 e. The number of anilines is 1. The number of carbonyl (C=O) groups is 1. The third kappa shape index (κ3) is 5.61. The highest BCUT2D eigenvalue weighted by Crippen LogP contribution is 2.35. The number of imidazole rings is 1. The number of amides is 1. The number of rotatable bonds is 9. The molecular weight excluding hydrogens is 597 g/mol. The Morgan fingerprint density at radius 2 is 1.98 bits per heavy atom. The summed E-state index contributed by atoms with van der Waals surface area (Å²) in [5.74, 6) is 1.14. The zero-order chi connectivity index (χ0) is 30.1. The first-order valence-corrected chi connectivity index (χ1v) is 14.1. The first-order valence-electron chi connectivity index (χ1n) is 13.3. The Morgan fingerprint density at radius 1 is 1.16 bits per heavy atom. The van der Waals surface area contributed by atoms with Crippen molar-refractivity contribution in [2.24, 2.45) is 0 Å². The van der Waals surface area contributed by atoms with Gasteiger partial charge in [0.15, 0.2) is 0 Å². The van der Waals surface area contributed by atoms with Crippen molar-refractivity contribution >= 4 is 35.0 Å². The highest BCUT2D eigenvalue weighted by atomic mass is 35.5. The Morgan fingerprint density at radius 3 is 2.70 bits per heavy atom. The van der Waals surface area contributed by atoms with Gasteiger partial charge in [0.1, 0.15) is 28.8 Å². The van der Waals surface area contributed by atoms with E-state index in [1.54, 1.807) is 54.1 Å². The van der Waals surface area contributed by atoms with Gasteiger partial charge in [0.2, 0.25) is 0 Å². The molecule has 0 unspecified atom stereocenters. The first-order chi connectivity index (χ1) is 20.8. The molecule has 5 aromatic rings. The normalized spacial score (nSPS) is 14.2. The number of tetrazole rings is 1. The molecule has 1 aliphatic rings.